The topological polar surface area (TPSA) is 116 Å². The summed E-state index contributed by atoms with van der Waals surface area (Å²) in [7, 11) is 3.77. The van der Waals surface area contributed by atoms with Crippen LogP contribution in [-0.2, 0) is 9.59 Å². The SMILES string of the molecule is CC(C)CC(CN(C)C)NC(=O)N(CC(N)=O)CC(=O)O. The maximum Gasteiger partial charge on any atom is 0.323 e. The van der Waals surface area contributed by atoms with Crippen LogP contribution in [0, 0.1) is 5.92 Å². The van der Waals surface area contributed by atoms with Crippen LogP contribution in [0.1, 0.15) is 20.3 Å². The van der Waals surface area contributed by atoms with Crippen molar-refractivity contribution in [2.75, 3.05) is 33.7 Å². The molecule has 0 saturated carbocycles. The van der Waals surface area contributed by atoms with Crippen molar-refractivity contribution in [2.45, 2.75) is 26.3 Å². The van der Waals surface area contributed by atoms with E-state index in [2.05, 4.69) is 5.32 Å². The number of aliphatic carboxylic acids is 1. The van der Waals surface area contributed by atoms with Crippen molar-refractivity contribution >= 4 is 17.9 Å². The molecule has 122 valence electrons. The average Bonchev–Trinajstić information content (AvgIpc) is 2.24. The van der Waals surface area contributed by atoms with Crippen molar-refractivity contribution in [3.63, 3.8) is 0 Å². The van der Waals surface area contributed by atoms with Crippen LogP contribution in [0.2, 0.25) is 0 Å². The summed E-state index contributed by atoms with van der Waals surface area (Å²) in [6.45, 7) is 3.71. The largest absolute Gasteiger partial charge is 0.480 e. The Bertz CT molecular complexity index is 345. The van der Waals surface area contributed by atoms with Crippen LogP contribution in [0.4, 0.5) is 4.79 Å². The second kappa shape index (κ2) is 9.17. The Labute approximate surface area is 125 Å². The number of carbonyl (C=O) groups is 3. The standard InChI is InChI=1S/C13H26N4O4/c1-9(2)5-10(6-16(3)4)15-13(21)17(7-11(14)18)8-12(19)20/h9-10H,5-8H2,1-4H3,(H2,14,18)(H,15,21)(H,19,20). The second-order valence-electron chi connectivity index (χ2n) is 5.75. The van der Waals surface area contributed by atoms with Crippen LogP contribution in [0.5, 0.6) is 0 Å². The van der Waals surface area contributed by atoms with Gasteiger partial charge in [0.25, 0.3) is 0 Å². The zero-order valence-electron chi connectivity index (χ0n) is 13.1. The van der Waals surface area contributed by atoms with Gasteiger partial charge in [-0.2, -0.15) is 0 Å². The monoisotopic (exact) mass is 302 g/mol. The number of primary amides is 1. The molecular weight excluding hydrogens is 276 g/mol. The van der Waals surface area contributed by atoms with Gasteiger partial charge in [-0.3, -0.25) is 9.59 Å². The first-order valence-electron chi connectivity index (χ1n) is 6.82. The van der Waals surface area contributed by atoms with Gasteiger partial charge in [0.15, 0.2) is 0 Å². The lowest BCUT2D eigenvalue weighted by atomic mass is 10.0. The van der Waals surface area contributed by atoms with Gasteiger partial charge in [-0.25, -0.2) is 4.79 Å². The number of carboxylic acids is 1. The summed E-state index contributed by atoms with van der Waals surface area (Å²) < 4.78 is 0. The van der Waals surface area contributed by atoms with Gasteiger partial charge < -0.3 is 26.0 Å². The molecule has 0 fully saturated rings. The second-order valence-corrected chi connectivity index (χ2v) is 5.75. The lowest BCUT2D eigenvalue weighted by molar-refractivity contribution is -0.137. The Morgan fingerprint density at radius 1 is 1.19 bits per heavy atom. The molecule has 4 N–H and O–H groups in total. The fourth-order valence-electron chi connectivity index (χ4n) is 2.01. The van der Waals surface area contributed by atoms with Crippen molar-refractivity contribution in [3.05, 3.63) is 0 Å². The summed E-state index contributed by atoms with van der Waals surface area (Å²) in [4.78, 5) is 36.6. The zero-order valence-corrected chi connectivity index (χ0v) is 13.1. The summed E-state index contributed by atoms with van der Waals surface area (Å²) in [5, 5.41) is 11.6. The molecule has 1 unspecified atom stereocenters. The Morgan fingerprint density at radius 3 is 2.14 bits per heavy atom. The van der Waals surface area contributed by atoms with Crippen LogP contribution in [-0.4, -0.2) is 72.6 Å². The molecular formula is C13H26N4O4. The number of carbonyl (C=O) groups excluding carboxylic acids is 2. The lowest BCUT2D eigenvalue weighted by Gasteiger charge is -2.27. The Morgan fingerprint density at radius 2 is 1.76 bits per heavy atom. The molecule has 21 heavy (non-hydrogen) atoms. The highest BCUT2D eigenvalue weighted by Crippen LogP contribution is 2.06. The number of carboxylic acid groups (broad SMARTS) is 1. The normalized spacial score (nSPS) is 12.3. The third kappa shape index (κ3) is 9.67. The van der Waals surface area contributed by atoms with Crippen LogP contribution in [0.15, 0.2) is 0 Å². The molecule has 3 amide bonds. The van der Waals surface area contributed by atoms with Gasteiger partial charge in [-0.05, 0) is 26.4 Å². The van der Waals surface area contributed by atoms with E-state index >= 15 is 0 Å². The van der Waals surface area contributed by atoms with Gasteiger partial charge in [0, 0.05) is 12.6 Å². The number of urea groups is 1. The molecule has 8 heteroatoms. The number of rotatable bonds is 9. The molecule has 0 aliphatic rings. The molecule has 0 saturated heterocycles. The number of nitrogens with two attached hydrogens (primary N) is 1. The van der Waals surface area contributed by atoms with Gasteiger partial charge >= 0.3 is 12.0 Å². The van der Waals surface area contributed by atoms with E-state index in [-0.39, 0.29) is 6.04 Å². The van der Waals surface area contributed by atoms with Crippen molar-refractivity contribution in [2.24, 2.45) is 11.7 Å². The summed E-state index contributed by atoms with van der Waals surface area (Å²) in [6, 6.07) is -0.722. The highest BCUT2D eigenvalue weighted by molar-refractivity contribution is 5.86. The van der Waals surface area contributed by atoms with E-state index in [9.17, 15) is 14.4 Å². The van der Waals surface area contributed by atoms with Crippen LogP contribution in [0.3, 0.4) is 0 Å². The summed E-state index contributed by atoms with van der Waals surface area (Å²) >= 11 is 0. The predicted octanol–water partition coefficient (Wildman–Crippen LogP) is -0.456. The first kappa shape index (κ1) is 19.2. The Hall–Kier alpha value is -1.83. The minimum Gasteiger partial charge on any atom is -0.480 e. The molecule has 0 radical (unpaired) electrons. The van der Waals surface area contributed by atoms with Gasteiger partial charge in [0.2, 0.25) is 5.91 Å². The van der Waals surface area contributed by atoms with Gasteiger partial charge in [-0.1, -0.05) is 13.8 Å². The predicted molar refractivity (Wildman–Crippen MR) is 78.7 cm³/mol. The summed E-state index contributed by atoms with van der Waals surface area (Å²) in [5.41, 5.74) is 5.04. The third-order valence-corrected chi connectivity index (χ3v) is 2.63. The van der Waals surface area contributed by atoms with E-state index < -0.39 is 31.0 Å². The quantitative estimate of drug-likeness (QED) is 0.533. The Balaban J connectivity index is 4.78. The van der Waals surface area contributed by atoms with E-state index in [0.717, 1.165) is 11.3 Å². The number of likely N-dealkylation sites (N-methyl/N-ethyl adjacent to an activating group) is 1. The van der Waals surface area contributed by atoms with E-state index in [1.165, 1.54) is 0 Å². The third-order valence-electron chi connectivity index (χ3n) is 2.63. The van der Waals surface area contributed by atoms with E-state index in [1.54, 1.807) is 0 Å². The maximum atomic E-state index is 12.1. The minimum atomic E-state index is -1.19. The number of hydrogen-bond donors (Lipinski definition) is 3. The first-order chi connectivity index (χ1) is 9.61. The van der Waals surface area contributed by atoms with Crippen molar-refractivity contribution in [1.82, 2.24) is 15.1 Å². The van der Waals surface area contributed by atoms with Crippen molar-refractivity contribution < 1.29 is 19.5 Å². The van der Waals surface area contributed by atoms with Gasteiger partial charge in [0.05, 0.1) is 0 Å². The molecule has 0 aromatic carbocycles. The summed E-state index contributed by atoms with van der Waals surface area (Å²) in [5.74, 6) is -1.57. The molecule has 0 aromatic rings. The molecule has 0 spiro atoms. The van der Waals surface area contributed by atoms with E-state index in [4.69, 9.17) is 10.8 Å². The average molecular weight is 302 g/mol. The molecule has 8 nitrogen and oxygen atoms in total. The van der Waals surface area contributed by atoms with Crippen LogP contribution >= 0.6 is 0 Å². The zero-order chi connectivity index (χ0) is 16.6. The fraction of sp³-hybridized carbons (Fsp3) is 0.769. The minimum absolute atomic E-state index is 0.128. The highest BCUT2D eigenvalue weighted by atomic mass is 16.4. The van der Waals surface area contributed by atoms with Crippen molar-refractivity contribution in [3.8, 4) is 0 Å². The Kier molecular flexibility index (Phi) is 8.37. The molecule has 0 heterocycles. The number of nitrogens with zero attached hydrogens (tertiary/aromatic N) is 2. The maximum absolute atomic E-state index is 12.1. The summed E-state index contributed by atoms with van der Waals surface area (Å²) in [6.07, 6.45) is 0.751. The smallest absolute Gasteiger partial charge is 0.323 e. The molecule has 0 bridgehead atoms. The number of nitrogens with one attached hydrogen (secondary N) is 1. The van der Waals surface area contributed by atoms with E-state index in [0.29, 0.717) is 12.5 Å². The molecule has 0 rings (SSSR count). The molecule has 0 aromatic heterocycles. The van der Waals surface area contributed by atoms with Crippen LogP contribution < -0.4 is 11.1 Å². The number of amides is 3. The molecule has 0 aliphatic heterocycles. The molecule has 1 atom stereocenters. The lowest BCUT2D eigenvalue weighted by Crippen LogP contribution is -2.51. The first-order valence-corrected chi connectivity index (χ1v) is 6.82. The fourth-order valence-corrected chi connectivity index (χ4v) is 2.01. The molecule has 0 aliphatic carbocycles. The van der Waals surface area contributed by atoms with Crippen LogP contribution in [0.25, 0.3) is 0 Å². The van der Waals surface area contributed by atoms with Gasteiger partial charge in [-0.15, -0.1) is 0 Å². The number of hydrogen-bond acceptors (Lipinski definition) is 4. The van der Waals surface area contributed by atoms with Crippen molar-refractivity contribution in [1.29, 1.82) is 0 Å². The van der Waals surface area contributed by atoms with Gasteiger partial charge in [0.1, 0.15) is 13.1 Å². The highest BCUT2D eigenvalue weighted by Gasteiger charge is 2.22. The van der Waals surface area contributed by atoms with E-state index in [1.807, 2.05) is 32.8 Å².